The minimum atomic E-state index is -0.269. The van der Waals surface area contributed by atoms with Crippen molar-refractivity contribution >= 4 is 27.4 Å². The lowest BCUT2D eigenvalue weighted by molar-refractivity contribution is 0.374. The minimum absolute atomic E-state index is 0.269. The number of rotatable bonds is 7. The second-order valence-electron chi connectivity index (χ2n) is 10.1. The van der Waals surface area contributed by atoms with Crippen LogP contribution < -0.4 is 5.32 Å². The molecule has 4 aromatic heterocycles. The molecule has 0 unspecified atom stereocenters. The molecule has 0 amide bonds. The lowest BCUT2D eigenvalue weighted by atomic mass is 9.90. The maximum atomic E-state index is 13.5. The normalized spacial score (nSPS) is 15.3. The van der Waals surface area contributed by atoms with E-state index < -0.39 is 0 Å². The number of nitrogens with zero attached hydrogens (tertiary/aromatic N) is 3. The first-order valence-electron chi connectivity index (χ1n) is 13.4. The first-order chi connectivity index (χ1) is 19.1. The van der Waals surface area contributed by atoms with Crippen molar-refractivity contribution in [3.05, 3.63) is 96.7 Å². The van der Waals surface area contributed by atoms with E-state index in [2.05, 4.69) is 56.3 Å². The van der Waals surface area contributed by atoms with Crippen LogP contribution in [0.5, 0.6) is 0 Å². The highest BCUT2D eigenvalue weighted by molar-refractivity contribution is 6.00. The van der Waals surface area contributed by atoms with Crippen LogP contribution >= 0.6 is 0 Å². The Morgan fingerprint density at radius 1 is 1.03 bits per heavy atom. The summed E-state index contributed by atoms with van der Waals surface area (Å²) in [5.74, 6) is 0.413. The Bertz CT molecular complexity index is 1700. The van der Waals surface area contributed by atoms with Gasteiger partial charge in [0.05, 0.1) is 28.8 Å². The predicted octanol–water partition coefficient (Wildman–Crippen LogP) is 7.21. The molecule has 3 N–H and O–H groups in total. The van der Waals surface area contributed by atoms with Crippen molar-refractivity contribution in [2.75, 3.05) is 13.1 Å². The van der Waals surface area contributed by atoms with Crippen LogP contribution in [0, 0.1) is 11.7 Å². The van der Waals surface area contributed by atoms with Crippen LogP contribution in [0.1, 0.15) is 31.9 Å². The van der Waals surface area contributed by atoms with Crippen LogP contribution in [-0.4, -0.2) is 38.2 Å². The maximum absolute atomic E-state index is 13.5. The number of nitrogens with one attached hydrogen (secondary N) is 3. The molecular formula is C32H31FN6. The van der Waals surface area contributed by atoms with Gasteiger partial charge in [-0.1, -0.05) is 18.7 Å². The average molecular weight is 519 g/mol. The fourth-order valence-corrected chi connectivity index (χ4v) is 5.42. The Morgan fingerprint density at radius 3 is 2.59 bits per heavy atom. The summed E-state index contributed by atoms with van der Waals surface area (Å²) in [6.07, 6.45) is 13.3. The summed E-state index contributed by atoms with van der Waals surface area (Å²) in [6.45, 7) is 8.30. The van der Waals surface area contributed by atoms with Crippen molar-refractivity contribution in [3.8, 4) is 22.6 Å². The predicted molar refractivity (Wildman–Crippen MR) is 157 cm³/mol. The molecule has 0 bridgehead atoms. The molecule has 1 saturated heterocycles. The Labute approximate surface area is 226 Å². The maximum Gasteiger partial charge on any atom is 0.123 e. The van der Waals surface area contributed by atoms with Crippen molar-refractivity contribution < 1.29 is 4.39 Å². The average Bonchev–Trinajstić information content (AvgIpc) is 3.60. The van der Waals surface area contributed by atoms with E-state index in [0.717, 1.165) is 75.2 Å². The Hall–Kier alpha value is -4.36. The summed E-state index contributed by atoms with van der Waals surface area (Å²) in [4.78, 5) is 12.8. The first kappa shape index (κ1) is 24.9. The standard InChI is InChI=1S/C32H31FN6/c1-3-20(15-21-9-12-34-13-10-21)16-22(4-2)28-17-26-30(19-36-28)38-39-32(26)29-18-25-27(37-29)11-14-35-31(25)23-5-7-24(33)8-6-23/h3-8,11,14,16-19,21,34,37H,1,9-10,12-13,15H2,2H3,(H,38,39)/b20-16+,22-4+. The van der Waals surface area contributed by atoms with Gasteiger partial charge in [0.15, 0.2) is 0 Å². The number of aromatic amines is 2. The lowest BCUT2D eigenvalue weighted by Gasteiger charge is -2.23. The van der Waals surface area contributed by atoms with Gasteiger partial charge in [0.2, 0.25) is 0 Å². The van der Waals surface area contributed by atoms with Gasteiger partial charge in [0.1, 0.15) is 11.5 Å². The van der Waals surface area contributed by atoms with Gasteiger partial charge in [-0.05, 0) is 105 Å². The number of benzene rings is 1. The third-order valence-corrected chi connectivity index (χ3v) is 7.56. The molecule has 6 nitrogen and oxygen atoms in total. The highest BCUT2D eigenvalue weighted by Gasteiger charge is 2.17. The van der Waals surface area contributed by atoms with Gasteiger partial charge < -0.3 is 10.3 Å². The molecule has 0 spiro atoms. The van der Waals surface area contributed by atoms with Gasteiger partial charge in [-0.3, -0.25) is 15.1 Å². The summed E-state index contributed by atoms with van der Waals surface area (Å²) in [5, 5.41) is 13.1. The Morgan fingerprint density at radius 2 is 1.82 bits per heavy atom. The molecule has 1 aromatic carbocycles. The van der Waals surface area contributed by atoms with Crippen LogP contribution in [-0.2, 0) is 0 Å². The largest absolute Gasteiger partial charge is 0.353 e. The lowest BCUT2D eigenvalue weighted by Crippen LogP contribution is -2.27. The molecule has 0 radical (unpaired) electrons. The smallest absolute Gasteiger partial charge is 0.123 e. The molecule has 39 heavy (non-hydrogen) atoms. The molecular weight excluding hydrogens is 487 g/mol. The van der Waals surface area contributed by atoms with Gasteiger partial charge >= 0.3 is 0 Å². The van der Waals surface area contributed by atoms with Crippen LogP contribution in [0.15, 0.2) is 85.2 Å². The fraction of sp³-hybridized carbons (Fsp3) is 0.219. The van der Waals surface area contributed by atoms with Gasteiger partial charge in [0.25, 0.3) is 0 Å². The number of hydrogen-bond acceptors (Lipinski definition) is 4. The molecule has 5 heterocycles. The fourth-order valence-electron chi connectivity index (χ4n) is 5.42. The third kappa shape index (κ3) is 5.05. The molecule has 1 fully saturated rings. The number of fused-ring (bicyclic) bond motifs is 2. The summed E-state index contributed by atoms with van der Waals surface area (Å²) in [6, 6.07) is 12.5. The van der Waals surface area contributed by atoms with Gasteiger partial charge in [-0.25, -0.2) is 4.39 Å². The number of H-pyrrole nitrogens is 2. The van der Waals surface area contributed by atoms with Gasteiger partial charge in [-0.15, -0.1) is 0 Å². The zero-order chi connectivity index (χ0) is 26.8. The number of allylic oxidation sites excluding steroid dienone is 5. The van der Waals surface area contributed by atoms with Gasteiger partial charge in [-0.2, -0.15) is 5.10 Å². The molecule has 0 aliphatic carbocycles. The van der Waals surface area contributed by atoms with Crippen LogP contribution in [0.4, 0.5) is 4.39 Å². The van der Waals surface area contributed by atoms with Crippen LogP contribution in [0.25, 0.3) is 50.0 Å². The number of aromatic nitrogens is 5. The molecule has 196 valence electrons. The SMILES string of the molecule is C=C/C(=C\C(=C/C)c1cc2c(-c3cc4c(-c5ccc(F)cc5)nccc4[nH]3)n[nH]c2cn1)CC1CCNCC1. The number of hydrogen-bond donors (Lipinski definition) is 3. The molecule has 5 aromatic rings. The number of pyridine rings is 2. The first-order valence-corrected chi connectivity index (χ1v) is 13.4. The Kier molecular flexibility index (Phi) is 6.90. The minimum Gasteiger partial charge on any atom is -0.353 e. The summed E-state index contributed by atoms with van der Waals surface area (Å²) in [7, 11) is 0. The molecule has 1 aliphatic rings. The number of halogens is 1. The number of piperidine rings is 1. The van der Waals surface area contributed by atoms with Crippen molar-refractivity contribution in [2.24, 2.45) is 5.92 Å². The molecule has 0 atom stereocenters. The molecule has 0 saturated carbocycles. The van der Waals surface area contributed by atoms with E-state index in [1.807, 2.05) is 25.3 Å². The summed E-state index contributed by atoms with van der Waals surface area (Å²) < 4.78 is 13.5. The van der Waals surface area contributed by atoms with E-state index in [4.69, 9.17) is 4.98 Å². The van der Waals surface area contributed by atoms with E-state index in [1.54, 1.807) is 18.3 Å². The second-order valence-corrected chi connectivity index (χ2v) is 10.1. The third-order valence-electron chi connectivity index (χ3n) is 7.56. The zero-order valence-electron chi connectivity index (χ0n) is 22.0. The highest BCUT2D eigenvalue weighted by atomic mass is 19.1. The molecule has 7 heteroatoms. The molecule has 6 rings (SSSR count). The van der Waals surface area contributed by atoms with Crippen LogP contribution in [0.2, 0.25) is 0 Å². The molecule has 1 aliphatic heterocycles. The van der Waals surface area contributed by atoms with Crippen molar-refractivity contribution in [1.29, 1.82) is 0 Å². The second kappa shape index (κ2) is 10.8. The van der Waals surface area contributed by atoms with E-state index in [1.165, 1.54) is 30.5 Å². The quantitative estimate of drug-likeness (QED) is 0.199. The van der Waals surface area contributed by atoms with Crippen molar-refractivity contribution in [1.82, 2.24) is 30.5 Å². The monoisotopic (exact) mass is 518 g/mol. The van der Waals surface area contributed by atoms with Gasteiger partial charge in [0, 0.05) is 28.0 Å². The topological polar surface area (TPSA) is 82.3 Å². The van der Waals surface area contributed by atoms with E-state index in [9.17, 15) is 4.39 Å². The van der Waals surface area contributed by atoms with E-state index in [0.29, 0.717) is 5.92 Å². The van der Waals surface area contributed by atoms with Crippen molar-refractivity contribution in [3.63, 3.8) is 0 Å². The zero-order valence-corrected chi connectivity index (χ0v) is 22.0. The highest BCUT2D eigenvalue weighted by Crippen LogP contribution is 2.34. The summed E-state index contributed by atoms with van der Waals surface area (Å²) in [5.41, 5.74) is 8.34. The van der Waals surface area contributed by atoms with Crippen LogP contribution in [0.3, 0.4) is 0 Å². The Balaban J connectivity index is 1.36. The van der Waals surface area contributed by atoms with Crippen molar-refractivity contribution in [2.45, 2.75) is 26.2 Å². The van der Waals surface area contributed by atoms with E-state index >= 15 is 0 Å². The van der Waals surface area contributed by atoms with E-state index in [-0.39, 0.29) is 5.82 Å². The summed E-state index contributed by atoms with van der Waals surface area (Å²) >= 11 is 0.